The number of anilines is 2. The van der Waals surface area contributed by atoms with Crippen LogP contribution in [0.2, 0.25) is 0 Å². The lowest BCUT2D eigenvalue weighted by Crippen LogP contribution is -2.52. The lowest BCUT2D eigenvalue weighted by molar-refractivity contribution is 0.0539. The van der Waals surface area contributed by atoms with Gasteiger partial charge in [-0.2, -0.15) is 0 Å². The molecule has 1 aliphatic rings. The number of hydrogen-bond acceptors (Lipinski definition) is 6. The van der Waals surface area contributed by atoms with Crippen LogP contribution in [0.1, 0.15) is 23.5 Å². The van der Waals surface area contributed by atoms with Crippen molar-refractivity contribution in [2.75, 3.05) is 50.9 Å². The molecule has 0 aromatic carbocycles. The molecule has 1 aromatic rings. The number of likely N-dealkylation sites (N-methyl/N-ethyl adjacent to an activating group) is 1. The molecule has 0 radical (unpaired) electrons. The molecule has 1 fully saturated rings. The summed E-state index contributed by atoms with van der Waals surface area (Å²) in [6.07, 6.45) is 0. The Morgan fingerprint density at radius 3 is 2.85 bits per heavy atom. The highest BCUT2D eigenvalue weighted by Gasteiger charge is 2.29. The highest BCUT2D eigenvalue weighted by atomic mass is 32.1. The van der Waals surface area contributed by atoms with E-state index >= 15 is 0 Å². The molecule has 0 aliphatic carbocycles. The number of nitrogens with zero attached hydrogens (tertiary/aromatic N) is 4. The highest BCUT2D eigenvalue weighted by molar-refractivity contribution is 7.18. The number of carbonyl (C=O) groups excluding carboxylic acids is 1. The molecule has 6 nitrogen and oxygen atoms in total. The lowest BCUT2D eigenvalue weighted by atomic mass is 10.2. The second-order valence-electron chi connectivity index (χ2n) is 5.33. The summed E-state index contributed by atoms with van der Waals surface area (Å²) in [5.41, 5.74) is 5.93. The summed E-state index contributed by atoms with van der Waals surface area (Å²) in [5, 5.41) is 0.801. The average molecular weight is 297 g/mol. The van der Waals surface area contributed by atoms with Gasteiger partial charge in [-0.3, -0.25) is 4.79 Å². The SMILES string of the molecule is CCN(C)c1nc(N)c(C(=O)N2CCN(C)CC2C)s1. The van der Waals surface area contributed by atoms with Crippen LogP contribution in [-0.4, -0.2) is 67.0 Å². The number of piperazine rings is 1. The van der Waals surface area contributed by atoms with E-state index in [1.807, 2.05) is 23.8 Å². The number of aromatic nitrogens is 1. The molecule has 1 aliphatic heterocycles. The molecule has 2 heterocycles. The van der Waals surface area contributed by atoms with Crippen LogP contribution < -0.4 is 10.6 Å². The van der Waals surface area contributed by atoms with Crippen molar-refractivity contribution in [2.45, 2.75) is 19.9 Å². The number of amides is 1. The molecular formula is C13H23N5OS. The van der Waals surface area contributed by atoms with Crippen molar-refractivity contribution in [1.82, 2.24) is 14.8 Å². The van der Waals surface area contributed by atoms with Gasteiger partial charge in [0.05, 0.1) is 0 Å². The summed E-state index contributed by atoms with van der Waals surface area (Å²) in [6.45, 7) is 7.49. The van der Waals surface area contributed by atoms with E-state index in [2.05, 4.69) is 23.9 Å². The molecule has 112 valence electrons. The third-order valence-electron chi connectivity index (χ3n) is 3.73. The van der Waals surface area contributed by atoms with Gasteiger partial charge in [-0.25, -0.2) is 4.98 Å². The fraction of sp³-hybridized carbons (Fsp3) is 0.692. The fourth-order valence-corrected chi connectivity index (χ4v) is 3.31. The van der Waals surface area contributed by atoms with Crippen molar-refractivity contribution in [3.8, 4) is 0 Å². The Kier molecular flexibility index (Phi) is 4.49. The first kappa shape index (κ1) is 15.1. The van der Waals surface area contributed by atoms with Crippen LogP contribution in [-0.2, 0) is 0 Å². The van der Waals surface area contributed by atoms with Crippen LogP contribution in [0.25, 0.3) is 0 Å². The molecule has 1 unspecified atom stereocenters. The molecule has 1 saturated heterocycles. The summed E-state index contributed by atoms with van der Waals surface area (Å²) in [7, 11) is 4.03. The van der Waals surface area contributed by atoms with E-state index in [-0.39, 0.29) is 11.9 Å². The zero-order valence-electron chi connectivity index (χ0n) is 12.6. The summed E-state index contributed by atoms with van der Waals surface area (Å²) >= 11 is 1.38. The van der Waals surface area contributed by atoms with Crippen LogP contribution in [0.4, 0.5) is 10.9 Å². The highest BCUT2D eigenvalue weighted by Crippen LogP contribution is 2.29. The molecule has 0 saturated carbocycles. The van der Waals surface area contributed by atoms with Crippen molar-refractivity contribution in [2.24, 2.45) is 0 Å². The molecule has 0 bridgehead atoms. The summed E-state index contributed by atoms with van der Waals surface area (Å²) < 4.78 is 0. The van der Waals surface area contributed by atoms with Gasteiger partial charge in [0.2, 0.25) is 0 Å². The van der Waals surface area contributed by atoms with Gasteiger partial charge in [0, 0.05) is 39.3 Å². The largest absolute Gasteiger partial charge is 0.382 e. The van der Waals surface area contributed by atoms with Gasteiger partial charge >= 0.3 is 0 Å². The molecular weight excluding hydrogens is 274 g/mol. The number of thiazole rings is 1. The Morgan fingerprint density at radius 2 is 2.25 bits per heavy atom. The quantitative estimate of drug-likeness (QED) is 0.900. The van der Waals surface area contributed by atoms with E-state index in [0.717, 1.165) is 31.3 Å². The van der Waals surface area contributed by atoms with Crippen LogP contribution in [0.15, 0.2) is 0 Å². The van der Waals surface area contributed by atoms with E-state index in [1.54, 1.807) is 0 Å². The summed E-state index contributed by atoms with van der Waals surface area (Å²) in [5.74, 6) is 0.359. The van der Waals surface area contributed by atoms with Crippen molar-refractivity contribution < 1.29 is 4.79 Å². The molecule has 1 aromatic heterocycles. The van der Waals surface area contributed by atoms with Gasteiger partial charge in [0.15, 0.2) is 5.13 Å². The van der Waals surface area contributed by atoms with Crippen LogP contribution in [0.3, 0.4) is 0 Å². The minimum absolute atomic E-state index is 0.0105. The van der Waals surface area contributed by atoms with Crippen molar-refractivity contribution >= 4 is 28.2 Å². The minimum Gasteiger partial charge on any atom is -0.382 e. The normalized spacial score (nSPS) is 20.2. The summed E-state index contributed by atoms with van der Waals surface area (Å²) in [6, 6.07) is 0.204. The number of nitrogens with two attached hydrogens (primary N) is 1. The maximum atomic E-state index is 12.6. The summed E-state index contributed by atoms with van der Waals surface area (Å²) in [4.78, 5) is 23.6. The topological polar surface area (TPSA) is 65.7 Å². The Bertz CT molecular complexity index is 489. The molecule has 20 heavy (non-hydrogen) atoms. The fourth-order valence-electron chi connectivity index (χ4n) is 2.34. The van der Waals surface area contributed by atoms with Gasteiger partial charge in [0.25, 0.3) is 5.91 Å². The van der Waals surface area contributed by atoms with Crippen molar-refractivity contribution in [3.05, 3.63) is 4.88 Å². The number of rotatable bonds is 3. The van der Waals surface area contributed by atoms with Gasteiger partial charge in [-0.15, -0.1) is 0 Å². The van der Waals surface area contributed by atoms with E-state index in [1.165, 1.54) is 11.3 Å². The monoisotopic (exact) mass is 297 g/mol. The van der Waals surface area contributed by atoms with Gasteiger partial charge in [0.1, 0.15) is 10.7 Å². The van der Waals surface area contributed by atoms with Gasteiger partial charge in [-0.05, 0) is 20.9 Å². The molecule has 2 rings (SSSR count). The standard InChI is InChI=1S/C13H23N5OS/c1-5-17(4)13-15-11(14)10(20-13)12(19)18-7-6-16(3)8-9(18)2/h9H,5-8,14H2,1-4H3. The Morgan fingerprint density at radius 1 is 1.55 bits per heavy atom. The lowest BCUT2D eigenvalue weighted by Gasteiger charge is -2.38. The maximum Gasteiger partial charge on any atom is 0.268 e. The molecule has 1 amide bonds. The smallest absolute Gasteiger partial charge is 0.268 e. The van der Waals surface area contributed by atoms with E-state index in [4.69, 9.17) is 5.73 Å². The third kappa shape index (κ3) is 2.88. The molecule has 7 heteroatoms. The van der Waals surface area contributed by atoms with Crippen molar-refractivity contribution in [1.29, 1.82) is 0 Å². The van der Waals surface area contributed by atoms with Crippen LogP contribution in [0, 0.1) is 0 Å². The van der Waals surface area contributed by atoms with Gasteiger partial charge < -0.3 is 20.4 Å². The number of carbonyl (C=O) groups is 1. The molecule has 0 spiro atoms. The Balaban J connectivity index is 2.19. The zero-order chi connectivity index (χ0) is 14.9. The van der Waals surface area contributed by atoms with Crippen LogP contribution in [0.5, 0.6) is 0 Å². The second-order valence-corrected chi connectivity index (χ2v) is 6.31. The maximum absolute atomic E-state index is 12.6. The third-order valence-corrected chi connectivity index (χ3v) is 4.90. The Labute approximate surface area is 124 Å². The van der Waals surface area contributed by atoms with E-state index < -0.39 is 0 Å². The van der Waals surface area contributed by atoms with E-state index in [0.29, 0.717) is 10.7 Å². The zero-order valence-corrected chi connectivity index (χ0v) is 13.4. The number of hydrogen-bond donors (Lipinski definition) is 1. The minimum atomic E-state index is 0.0105. The predicted molar refractivity (Wildman–Crippen MR) is 83.5 cm³/mol. The van der Waals surface area contributed by atoms with E-state index in [9.17, 15) is 4.79 Å². The van der Waals surface area contributed by atoms with Gasteiger partial charge in [-0.1, -0.05) is 11.3 Å². The Hall–Kier alpha value is -1.34. The van der Waals surface area contributed by atoms with Crippen LogP contribution >= 0.6 is 11.3 Å². The predicted octanol–water partition coefficient (Wildman–Crippen LogP) is 0.957. The average Bonchev–Trinajstić information content (AvgIpc) is 2.79. The molecule has 1 atom stereocenters. The number of nitrogen functional groups attached to an aromatic ring is 1. The molecule has 2 N–H and O–H groups in total. The first-order chi connectivity index (χ1) is 9.43. The first-order valence-corrected chi connectivity index (χ1v) is 7.72. The first-order valence-electron chi connectivity index (χ1n) is 6.91. The van der Waals surface area contributed by atoms with Crippen molar-refractivity contribution in [3.63, 3.8) is 0 Å². The second kappa shape index (κ2) is 5.97.